The van der Waals surface area contributed by atoms with Crippen LogP contribution >= 0.6 is 0 Å². The Balaban J connectivity index is 2.37. The Bertz CT molecular complexity index is 209. The van der Waals surface area contributed by atoms with E-state index in [0.29, 0.717) is 25.5 Å². The summed E-state index contributed by atoms with van der Waals surface area (Å²) in [5.41, 5.74) is 0. The van der Waals surface area contributed by atoms with E-state index < -0.39 is 0 Å². The molecule has 0 aromatic carbocycles. The SMILES string of the molecule is OCCN(CCO)Cc1ncno1. The Morgan fingerprint density at radius 2 is 2.00 bits per heavy atom. The molecule has 0 aliphatic rings. The van der Waals surface area contributed by atoms with E-state index in [2.05, 4.69) is 10.1 Å². The Kier molecular flexibility index (Phi) is 4.37. The van der Waals surface area contributed by atoms with E-state index in [1.54, 1.807) is 0 Å². The Hall–Kier alpha value is -0.980. The summed E-state index contributed by atoms with van der Waals surface area (Å²) in [5, 5.41) is 20.9. The Labute approximate surface area is 75.8 Å². The average Bonchev–Trinajstić information content (AvgIpc) is 2.58. The van der Waals surface area contributed by atoms with Gasteiger partial charge in [-0.3, -0.25) is 4.90 Å². The van der Waals surface area contributed by atoms with Crippen LogP contribution in [0.2, 0.25) is 0 Å². The summed E-state index contributed by atoms with van der Waals surface area (Å²) < 4.78 is 4.79. The van der Waals surface area contributed by atoms with Crippen molar-refractivity contribution in [2.75, 3.05) is 26.3 Å². The third-order valence-corrected chi connectivity index (χ3v) is 1.60. The number of hydrogen-bond donors (Lipinski definition) is 2. The summed E-state index contributed by atoms with van der Waals surface area (Å²) in [6.07, 6.45) is 1.32. The fourth-order valence-corrected chi connectivity index (χ4v) is 1.01. The molecule has 1 aromatic rings. The van der Waals surface area contributed by atoms with Gasteiger partial charge in [-0.1, -0.05) is 5.16 Å². The summed E-state index contributed by atoms with van der Waals surface area (Å²) >= 11 is 0. The molecule has 0 fully saturated rings. The van der Waals surface area contributed by atoms with Crippen LogP contribution in [0, 0.1) is 0 Å². The molecular formula is C7H13N3O3. The lowest BCUT2D eigenvalue weighted by Gasteiger charge is -2.17. The van der Waals surface area contributed by atoms with Gasteiger partial charge in [0, 0.05) is 13.1 Å². The first-order valence-corrected chi connectivity index (χ1v) is 4.06. The van der Waals surface area contributed by atoms with Crippen molar-refractivity contribution in [3.8, 4) is 0 Å². The van der Waals surface area contributed by atoms with Gasteiger partial charge in [0.05, 0.1) is 19.8 Å². The van der Waals surface area contributed by atoms with Gasteiger partial charge in [-0.15, -0.1) is 0 Å². The fraction of sp³-hybridized carbons (Fsp3) is 0.714. The predicted molar refractivity (Wildman–Crippen MR) is 43.7 cm³/mol. The van der Waals surface area contributed by atoms with Gasteiger partial charge in [-0.25, -0.2) is 0 Å². The van der Waals surface area contributed by atoms with Crippen molar-refractivity contribution in [2.45, 2.75) is 6.54 Å². The quantitative estimate of drug-likeness (QED) is 0.585. The monoisotopic (exact) mass is 187 g/mol. The normalized spacial score (nSPS) is 11.0. The van der Waals surface area contributed by atoms with E-state index >= 15 is 0 Å². The zero-order valence-electron chi connectivity index (χ0n) is 7.26. The highest BCUT2D eigenvalue weighted by molar-refractivity contribution is 4.74. The highest BCUT2D eigenvalue weighted by atomic mass is 16.5. The van der Waals surface area contributed by atoms with E-state index in [0.717, 1.165) is 0 Å². The van der Waals surface area contributed by atoms with Gasteiger partial charge in [0.15, 0.2) is 6.33 Å². The number of aliphatic hydroxyl groups excluding tert-OH is 2. The summed E-state index contributed by atoms with van der Waals surface area (Å²) in [5.74, 6) is 0.488. The molecule has 6 heteroatoms. The number of nitrogens with zero attached hydrogens (tertiary/aromatic N) is 3. The zero-order chi connectivity index (χ0) is 9.52. The third-order valence-electron chi connectivity index (χ3n) is 1.60. The minimum absolute atomic E-state index is 0.0497. The Morgan fingerprint density at radius 1 is 1.31 bits per heavy atom. The lowest BCUT2D eigenvalue weighted by atomic mass is 10.4. The number of hydrogen-bond acceptors (Lipinski definition) is 6. The van der Waals surface area contributed by atoms with Gasteiger partial charge in [-0.2, -0.15) is 4.98 Å². The molecular weight excluding hydrogens is 174 g/mol. The Morgan fingerprint density at radius 3 is 2.46 bits per heavy atom. The van der Waals surface area contributed by atoms with Crippen LogP contribution in [0.15, 0.2) is 10.9 Å². The van der Waals surface area contributed by atoms with Crippen LogP contribution in [-0.2, 0) is 6.54 Å². The second-order valence-electron chi connectivity index (χ2n) is 2.56. The topological polar surface area (TPSA) is 82.6 Å². The largest absolute Gasteiger partial charge is 0.395 e. The minimum atomic E-state index is 0.0497. The summed E-state index contributed by atoms with van der Waals surface area (Å²) in [6.45, 7) is 1.54. The highest BCUT2D eigenvalue weighted by Gasteiger charge is 2.07. The first-order valence-electron chi connectivity index (χ1n) is 4.06. The second kappa shape index (κ2) is 5.63. The molecule has 1 aromatic heterocycles. The standard InChI is InChI=1S/C7H13N3O3/c11-3-1-10(2-4-12)5-7-8-6-9-13-7/h6,11-12H,1-5H2. The molecule has 0 saturated heterocycles. The second-order valence-corrected chi connectivity index (χ2v) is 2.56. The highest BCUT2D eigenvalue weighted by Crippen LogP contribution is 1.98. The molecule has 13 heavy (non-hydrogen) atoms. The number of aromatic nitrogens is 2. The molecule has 0 atom stereocenters. The maximum absolute atomic E-state index is 8.70. The van der Waals surface area contributed by atoms with Crippen LogP contribution in [0.25, 0.3) is 0 Å². The van der Waals surface area contributed by atoms with E-state index in [-0.39, 0.29) is 13.2 Å². The van der Waals surface area contributed by atoms with Crippen molar-refractivity contribution in [1.82, 2.24) is 15.0 Å². The van der Waals surface area contributed by atoms with Crippen LogP contribution in [0.3, 0.4) is 0 Å². The van der Waals surface area contributed by atoms with E-state index in [1.807, 2.05) is 4.90 Å². The zero-order valence-corrected chi connectivity index (χ0v) is 7.26. The molecule has 0 unspecified atom stereocenters. The minimum Gasteiger partial charge on any atom is -0.395 e. The van der Waals surface area contributed by atoms with Gasteiger partial charge >= 0.3 is 0 Å². The molecule has 0 radical (unpaired) electrons. The van der Waals surface area contributed by atoms with Gasteiger partial charge in [-0.05, 0) is 0 Å². The fourth-order valence-electron chi connectivity index (χ4n) is 1.01. The molecule has 2 N–H and O–H groups in total. The van der Waals surface area contributed by atoms with Crippen LogP contribution in [-0.4, -0.2) is 51.6 Å². The average molecular weight is 187 g/mol. The van der Waals surface area contributed by atoms with Gasteiger partial charge < -0.3 is 14.7 Å². The first-order chi connectivity index (χ1) is 6.36. The van der Waals surface area contributed by atoms with Gasteiger partial charge in [0.1, 0.15) is 0 Å². The number of rotatable bonds is 6. The molecule has 0 aliphatic heterocycles. The van der Waals surface area contributed by atoms with Crippen molar-refractivity contribution in [1.29, 1.82) is 0 Å². The maximum atomic E-state index is 8.70. The number of aliphatic hydroxyl groups is 2. The van der Waals surface area contributed by atoms with E-state index in [4.69, 9.17) is 14.7 Å². The predicted octanol–water partition coefficient (Wildman–Crippen LogP) is -1.14. The van der Waals surface area contributed by atoms with Crippen molar-refractivity contribution < 1.29 is 14.7 Å². The molecule has 0 amide bonds. The molecule has 0 spiro atoms. The summed E-state index contributed by atoms with van der Waals surface area (Å²) in [4.78, 5) is 5.66. The van der Waals surface area contributed by atoms with Crippen molar-refractivity contribution in [3.63, 3.8) is 0 Å². The van der Waals surface area contributed by atoms with Crippen molar-refractivity contribution >= 4 is 0 Å². The van der Waals surface area contributed by atoms with E-state index in [9.17, 15) is 0 Å². The first kappa shape index (κ1) is 10.1. The van der Waals surface area contributed by atoms with Crippen LogP contribution in [0.4, 0.5) is 0 Å². The van der Waals surface area contributed by atoms with Crippen LogP contribution in [0.1, 0.15) is 5.89 Å². The molecule has 0 bridgehead atoms. The van der Waals surface area contributed by atoms with Gasteiger partial charge in [0.2, 0.25) is 5.89 Å². The van der Waals surface area contributed by atoms with Crippen LogP contribution in [0.5, 0.6) is 0 Å². The third kappa shape index (κ3) is 3.49. The van der Waals surface area contributed by atoms with E-state index in [1.165, 1.54) is 6.33 Å². The lowest BCUT2D eigenvalue weighted by molar-refractivity contribution is 0.143. The summed E-state index contributed by atoms with van der Waals surface area (Å²) in [6, 6.07) is 0. The smallest absolute Gasteiger partial charge is 0.240 e. The maximum Gasteiger partial charge on any atom is 0.240 e. The molecule has 1 rings (SSSR count). The molecule has 0 aliphatic carbocycles. The lowest BCUT2D eigenvalue weighted by Crippen LogP contribution is -2.29. The van der Waals surface area contributed by atoms with Crippen molar-refractivity contribution in [2.24, 2.45) is 0 Å². The molecule has 74 valence electrons. The molecule has 6 nitrogen and oxygen atoms in total. The molecule has 0 saturated carbocycles. The van der Waals surface area contributed by atoms with Gasteiger partial charge in [0.25, 0.3) is 0 Å². The summed E-state index contributed by atoms with van der Waals surface area (Å²) in [7, 11) is 0. The van der Waals surface area contributed by atoms with Crippen molar-refractivity contribution in [3.05, 3.63) is 12.2 Å². The molecule has 1 heterocycles. The van der Waals surface area contributed by atoms with Crippen LogP contribution < -0.4 is 0 Å².